The SMILES string of the molecule is CCc1n[nH]c(=O)c(CNc2nc(C(F)F)nc3ccc(F)cc23)c1CC. The molecule has 3 rings (SSSR count). The summed E-state index contributed by atoms with van der Waals surface area (Å²) in [4.78, 5) is 19.8. The number of aromatic nitrogens is 4. The lowest BCUT2D eigenvalue weighted by atomic mass is 10.0. The van der Waals surface area contributed by atoms with Gasteiger partial charge in [-0.15, -0.1) is 0 Å². The Bertz CT molecular complexity index is 1040. The Morgan fingerprint density at radius 2 is 1.93 bits per heavy atom. The summed E-state index contributed by atoms with van der Waals surface area (Å²) in [5.74, 6) is -1.15. The van der Waals surface area contributed by atoms with Crippen molar-refractivity contribution in [2.75, 3.05) is 5.32 Å². The third kappa shape index (κ3) is 3.76. The van der Waals surface area contributed by atoms with Gasteiger partial charge >= 0.3 is 0 Å². The van der Waals surface area contributed by atoms with E-state index in [0.29, 0.717) is 18.4 Å². The molecule has 0 radical (unpaired) electrons. The summed E-state index contributed by atoms with van der Waals surface area (Å²) in [5.41, 5.74) is 1.84. The summed E-state index contributed by atoms with van der Waals surface area (Å²) >= 11 is 0. The van der Waals surface area contributed by atoms with Crippen LogP contribution < -0.4 is 10.9 Å². The first-order valence-electron chi connectivity index (χ1n) is 8.53. The molecule has 6 nitrogen and oxygen atoms in total. The second kappa shape index (κ2) is 7.73. The van der Waals surface area contributed by atoms with Gasteiger partial charge in [0.15, 0.2) is 5.82 Å². The van der Waals surface area contributed by atoms with Gasteiger partial charge in [-0.25, -0.2) is 28.2 Å². The van der Waals surface area contributed by atoms with Crippen molar-refractivity contribution in [2.24, 2.45) is 0 Å². The lowest BCUT2D eigenvalue weighted by Gasteiger charge is -2.13. The molecule has 0 aliphatic rings. The van der Waals surface area contributed by atoms with Crippen molar-refractivity contribution >= 4 is 16.7 Å². The van der Waals surface area contributed by atoms with Gasteiger partial charge in [0, 0.05) is 17.5 Å². The molecule has 0 unspecified atom stereocenters. The molecule has 0 spiro atoms. The molecular formula is C18H18F3N5O. The maximum atomic E-state index is 13.6. The molecule has 0 amide bonds. The summed E-state index contributed by atoms with van der Waals surface area (Å²) in [6, 6.07) is 3.63. The molecule has 1 aromatic carbocycles. The first kappa shape index (κ1) is 18.8. The van der Waals surface area contributed by atoms with Crippen molar-refractivity contribution in [3.8, 4) is 0 Å². The van der Waals surface area contributed by atoms with E-state index in [0.717, 1.165) is 17.3 Å². The Morgan fingerprint density at radius 1 is 1.15 bits per heavy atom. The average Bonchev–Trinajstić information content (AvgIpc) is 2.66. The maximum absolute atomic E-state index is 13.6. The zero-order chi connectivity index (χ0) is 19.6. The van der Waals surface area contributed by atoms with E-state index in [1.165, 1.54) is 12.1 Å². The Hall–Kier alpha value is -2.97. The van der Waals surface area contributed by atoms with Crippen LogP contribution >= 0.6 is 0 Å². The Balaban J connectivity index is 2.05. The average molecular weight is 377 g/mol. The van der Waals surface area contributed by atoms with E-state index in [1.807, 2.05) is 13.8 Å². The molecule has 0 fully saturated rings. The van der Waals surface area contributed by atoms with Crippen molar-refractivity contribution in [3.63, 3.8) is 0 Å². The van der Waals surface area contributed by atoms with Crippen LogP contribution in [0.4, 0.5) is 19.0 Å². The van der Waals surface area contributed by atoms with E-state index >= 15 is 0 Å². The molecule has 2 heterocycles. The van der Waals surface area contributed by atoms with Gasteiger partial charge in [-0.2, -0.15) is 5.10 Å². The van der Waals surface area contributed by atoms with Gasteiger partial charge in [-0.3, -0.25) is 4.79 Å². The summed E-state index contributed by atoms with van der Waals surface area (Å²) in [5, 5.41) is 9.65. The van der Waals surface area contributed by atoms with Crippen LogP contribution in [0.5, 0.6) is 0 Å². The summed E-state index contributed by atoms with van der Waals surface area (Å²) in [6.45, 7) is 3.87. The van der Waals surface area contributed by atoms with E-state index < -0.39 is 18.1 Å². The van der Waals surface area contributed by atoms with Gasteiger partial charge in [-0.1, -0.05) is 13.8 Å². The third-order valence-corrected chi connectivity index (χ3v) is 4.27. The first-order chi connectivity index (χ1) is 12.9. The highest BCUT2D eigenvalue weighted by Crippen LogP contribution is 2.26. The standard InChI is InChI=1S/C18H18F3N5O/c1-3-10-12(18(27)26-25-13(10)4-2)8-22-16-11-7-9(19)5-6-14(11)23-17(24-16)15(20)21/h5-7,15H,3-4,8H2,1-2H3,(H,26,27)(H,22,23,24). The van der Waals surface area contributed by atoms with Crippen molar-refractivity contribution in [1.29, 1.82) is 0 Å². The van der Waals surface area contributed by atoms with Gasteiger partial charge in [-0.05, 0) is 36.6 Å². The fourth-order valence-corrected chi connectivity index (χ4v) is 2.98. The van der Waals surface area contributed by atoms with Gasteiger partial charge in [0.25, 0.3) is 12.0 Å². The molecule has 0 aliphatic heterocycles. The highest BCUT2D eigenvalue weighted by atomic mass is 19.3. The second-order valence-corrected chi connectivity index (χ2v) is 5.91. The van der Waals surface area contributed by atoms with Crippen molar-refractivity contribution in [1.82, 2.24) is 20.2 Å². The lowest BCUT2D eigenvalue weighted by molar-refractivity contribution is 0.141. The van der Waals surface area contributed by atoms with Gasteiger partial charge in [0.05, 0.1) is 11.2 Å². The second-order valence-electron chi connectivity index (χ2n) is 5.91. The number of halogens is 3. The molecule has 27 heavy (non-hydrogen) atoms. The summed E-state index contributed by atoms with van der Waals surface area (Å²) in [6.07, 6.45) is -1.63. The Labute approximate surface area is 152 Å². The molecule has 142 valence electrons. The molecule has 9 heteroatoms. The predicted octanol–water partition coefficient (Wildman–Crippen LogP) is 3.53. The number of hydrogen-bond acceptors (Lipinski definition) is 5. The first-order valence-corrected chi connectivity index (χ1v) is 8.53. The largest absolute Gasteiger partial charge is 0.365 e. The molecule has 2 aromatic heterocycles. The highest BCUT2D eigenvalue weighted by Gasteiger charge is 2.17. The lowest BCUT2D eigenvalue weighted by Crippen LogP contribution is -2.22. The molecule has 2 N–H and O–H groups in total. The molecule has 0 saturated heterocycles. The number of aromatic amines is 1. The highest BCUT2D eigenvalue weighted by molar-refractivity contribution is 5.89. The number of alkyl halides is 2. The van der Waals surface area contributed by atoms with E-state index in [2.05, 4.69) is 25.5 Å². The number of nitrogens with zero attached hydrogens (tertiary/aromatic N) is 3. The van der Waals surface area contributed by atoms with Crippen molar-refractivity contribution < 1.29 is 13.2 Å². The van der Waals surface area contributed by atoms with Gasteiger partial charge < -0.3 is 5.32 Å². The van der Waals surface area contributed by atoms with Crippen LogP contribution in [0.1, 0.15) is 42.9 Å². The van der Waals surface area contributed by atoms with Gasteiger partial charge in [0.1, 0.15) is 11.6 Å². The van der Waals surface area contributed by atoms with Crippen LogP contribution in [-0.4, -0.2) is 20.2 Å². The number of anilines is 1. The molecule has 0 atom stereocenters. The fourth-order valence-electron chi connectivity index (χ4n) is 2.98. The molecular weight excluding hydrogens is 359 g/mol. The normalized spacial score (nSPS) is 11.3. The molecule has 0 bridgehead atoms. The quantitative estimate of drug-likeness (QED) is 0.687. The van der Waals surface area contributed by atoms with Crippen LogP contribution in [0.25, 0.3) is 10.9 Å². The summed E-state index contributed by atoms with van der Waals surface area (Å²) < 4.78 is 39.8. The Morgan fingerprint density at radius 3 is 2.59 bits per heavy atom. The van der Waals surface area contributed by atoms with Crippen LogP contribution in [0, 0.1) is 5.82 Å². The van der Waals surface area contributed by atoms with Crippen LogP contribution in [-0.2, 0) is 19.4 Å². The minimum absolute atomic E-state index is 0.0410. The number of fused-ring (bicyclic) bond motifs is 1. The smallest absolute Gasteiger partial charge is 0.297 e. The van der Waals surface area contributed by atoms with Crippen LogP contribution in [0.2, 0.25) is 0 Å². The molecule has 0 aliphatic carbocycles. The number of aryl methyl sites for hydroxylation is 1. The van der Waals surface area contributed by atoms with E-state index in [4.69, 9.17) is 0 Å². The van der Waals surface area contributed by atoms with Gasteiger partial charge in [0.2, 0.25) is 0 Å². The zero-order valence-corrected chi connectivity index (χ0v) is 14.8. The van der Waals surface area contributed by atoms with E-state index in [-0.39, 0.29) is 28.8 Å². The monoisotopic (exact) mass is 377 g/mol. The topological polar surface area (TPSA) is 83.6 Å². The number of benzene rings is 1. The maximum Gasteiger partial charge on any atom is 0.297 e. The number of H-pyrrole nitrogens is 1. The van der Waals surface area contributed by atoms with E-state index in [9.17, 15) is 18.0 Å². The van der Waals surface area contributed by atoms with Crippen LogP contribution in [0.3, 0.4) is 0 Å². The van der Waals surface area contributed by atoms with E-state index in [1.54, 1.807) is 0 Å². The minimum Gasteiger partial charge on any atom is -0.365 e. The minimum atomic E-state index is -2.87. The molecule has 3 aromatic rings. The Kier molecular flexibility index (Phi) is 5.38. The number of nitrogens with one attached hydrogen (secondary N) is 2. The predicted molar refractivity (Wildman–Crippen MR) is 95.4 cm³/mol. The zero-order valence-electron chi connectivity index (χ0n) is 14.8. The van der Waals surface area contributed by atoms with Crippen molar-refractivity contribution in [3.05, 3.63) is 57.0 Å². The summed E-state index contributed by atoms with van der Waals surface area (Å²) in [7, 11) is 0. The van der Waals surface area contributed by atoms with Crippen molar-refractivity contribution in [2.45, 2.75) is 39.7 Å². The third-order valence-electron chi connectivity index (χ3n) is 4.27. The fraction of sp³-hybridized carbons (Fsp3) is 0.333. The molecule has 0 saturated carbocycles. The number of hydrogen-bond donors (Lipinski definition) is 2. The van der Waals surface area contributed by atoms with Crippen LogP contribution in [0.15, 0.2) is 23.0 Å². The number of rotatable bonds is 6.